The van der Waals surface area contributed by atoms with E-state index in [1.165, 1.54) is 0 Å². The summed E-state index contributed by atoms with van der Waals surface area (Å²) in [7, 11) is -1.44. The summed E-state index contributed by atoms with van der Waals surface area (Å²) in [5.74, 6) is -1.24. The van der Waals surface area contributed by atoms with E-state index >= 15 is 0 Å². The molecule has 1 aromatic rings. The fourth-order valence-electron chi connectivity index (χ4n) is 3.93. The second-order valence-corrected chi connectivity index (χ2v) is 11.2. The fraction of sp³-hybridized carbons (Fsp3) is 0.632. The summed E-state index contributed by atoms with van der Waals surface area (Å²) in [4.78, 5) is 0. The molecule has 2 aliphatic carbocycles. The first-order chi connectivity index (χ1) is 11.9. The van der Waals surface area contributed by atoms with E-state index in [0.29, 0.717) is 19.3 Å². The van der Waals surface area contributed by atoms with E-state index in [-0.39, 0.29) is 12.8 Å². The van der Waals surface area contributed by atoms with Crippen LogP contribution in [0.15, 0.2) is 27.1 Å². The summed E-state index contributed by atoms with van der Waals surface area (Å²) in [6.45, 7) is 5.57. The molecule has 7 heteroatoms. The summed E-state index contributed by atoms with van der Waals surface area (Å²) in [5, 5.41) is 0. The summed E-state index contributed by atoms with van der Waals surface area (Å²) in [6, 6.07) is 5.90. The minimum Gasteiger partial charge on any atom is -0.234 e. The molecule has 1 fully saturated rings. The number of hydrogen-bond donors (Lipinski definition) is 0. The van der Waals surface area contributed by atoms with Gasteiger partial charge in [0.05, 0.1) is 16.4 Å². The molecule has 2 aliphatic rings. The van der Waals surface area contributed by atoms with Gasteiger partial charge in [-0.3, -0.25) is 0 Å². The summed E-state index contributed by atoms with van der Waals surface area (Å²) < 4.78 is 57.0. The van der Waals surface area contributed by atoms with Gasteiger partial charge < -0.3 is 0 Å². The lowest BCUT2D eigenvalue weighted by Crippen LogP contribution is -2.38. The highest BCUT2D eigenvalue weighted by Gasteiger charge is 2.51. The zero-order valence-corrected chi connectivity index (χ0v) is 17.5. The molecule has 144 valence electrons. The van der Waals surface area contributed by atoms with Crippen molar-refractivity contribution in [2.24, 2.45) is 15.7 Å². The van der Waals surface area contributed by atoms with Gasteiger partial charge in [-0.1, -0.05) is 22.0 Å². The molecule has 0 amide bonds. The van der Waals surface area contributed by atoms with Gasteiger partial charge >= 0.3 is 6.18 Å². The number of hydrogen-bond acceptors (Lipinski definition) is 1. The maximum absolute atomic E-state index is 13.1. The summed E-state index contributed by atoms with van der Waals surface area (Å²) in [5.41, 5.74) is 2.33. The van der Waals surface area contributed by atoms with E-state index < -0.39 is 33.2 Å². The lowest BCUT2D eigenvalue weighted by atomic mass is 9.67. The standard InChI is InChI=1S/C19H23BrF3NOS/c1-17(2,3)26(25)24-16-15-10-14(20)5-4-12(15)11-18(16)8-6-13(7-9-18)19(21,22)23/h4-5,10,13H,6-9,11H2,1-3H3. The number of nitrogens with zero attached hydrogens (tertiary/aromatic N) is 1. The molecule has 1 spiro atoms. The van der Waals surface area contributed by atoms with Gasteiger partial charge in [-0.2, -0.15) is 17.6 Å². The summed E-state index contributed by atoms with van der Waals surface area (Å²) >= 11 is 3.47. The fourth-order valence-corrected chi connectivity index (χ4v) is 5.03. The zero-order valence-electron chi connectivity index (χ0n) is 15.1. The van der Waals surface area contributed by atoms with Crippen molar-refractivity contribution in [1.82, 2.24) is 0 Å². The first-order valence-corrected chi connectivity index (χ1v) is 10.7. The highest BCUT2D eigenvalue weighted by molar-refractivity contribution is 9.10. The number of benzene rings is 1. The Balaban J connectivity index is 2.00. The maximum atomic E-state index is 13.1. The van der Waals surface area contributed by atoms with Gasteiger partial charge in [-0.25, -0.2) is 4.21 Å². The van der Waals surface area contributed by atoms with Crippen molar-refractivity contribution in [3.63, 3.8) is 0 Å². The third kappa shape index (κ3) is 3.79. The van der Waals surface area contributed by atoms with Crippen LogP contribution in [0, 0.1) is 11.3 Å². The van der Waals surface area contributed by atoms with Crippen LogP contribution in [0.3, 0.4) is 0 Å². The van der Waals surface area contributed by atoms with Crippen LogP contribution < -0.4 is 0 Å². The van der Waals surface area contributed by atoms with Gasteiger partial charge in [-0.05, 0) is 70.6 Å². The quantitative estimate of drug-likeness (QED) is 0.517. The van der Waals surface area contributed by atoms with E-state index in [0.717, 1.165) is 21.3 Å². The molecule has 26 heavy (non-hydrogen) atoms. The number of alkyl halides is 3. The van der Waals surface area contributed by atoms with Crippen molar-refractivity contribution in [1.29, 1.82) is 0 Å². The second kappa shape index (κ2) is 6.73. The van der Waals surface area contributed by atoms with Crippen molar-refractivity contribution in [2.75, 3.05) is 0 Å². The Morgan fingerprint density at radius 1 is 1.19 bits per heavy atom. The molecule has 1 unspecified atom stereocenters. The minimum absolute atomic E-state index is 0.111. The molecule has 0 radical (unpaired) electrons. The summed E-state index contributed by atoms with van der Waals surface area (Å²) in [6.07, 6.45) is -2.37. The molecule has 0 aromatic heterocycles. The van der Waals surface area contributed by atoms with Crippen LogP contribution in [0.1, 0.15) is 57.6 Å². The van der Waals surface area contributed by atoms with Gasteiger partial charge in [0.2, 0.25) is 0 Å². The molecular weight excluding hydrogens is 427 g/mol. The molecule has 1 atom stereocenters. The van der Waals surface area contributed by atoms with E-state index in [4.69, 9.17) is 0 Å². The Labute approximate surface area is 163 Å². The smallest absolute Gasteiger partial charge is 0.234 e. The van der Waals surface area contributed by atoms with Gasteiger partial charge in [-0.15, -0.1) is 0 Å². The molecule has 0 heterocycles. The van der Waals surface area contributed by atoms with Crippen LogP contribution in [0.25, 0.3) is 0 Å². The van der Waals surface area contributed by atoms with Crippen molar-refractivity contribution < 1.29 is 17.4 Å². The van der Waals surface area contributed by atoms with Crippen molar-refractivity contribution in [3.8, 4) is 0 Å². The molecule has 2 nitrogen and oxygen atoms in total. The normalized spacial score (nSPS) is 29.2. The van der Waals surface area contributed by atoms with Gasteiger partial charge in [0, 0.05) is 15.5 Å². The van der Waals surface area contributed by atoms with E-state index in [2.05, 4.69) is 20.3 Å². The average Bonchev–Trinajstić information content (AvgIpc) is 2.79. The zero-order chi connectivity index (χ0) is 19.3. The minimum atomic E-state index is -4.14. The molecule has 3 rings (SSSR count). The molecule has 0 N–H and O–H groups in total. The topological polar surface area (TPSA) is 29.4 Å². The Kier molecular flexibility index (Phi) is 5.19. The highest BCUT2D eigenvalue weighted by Crippen LogP contribution is 2.52. The molecule has 0 bridgehead atoms. The lowest BCUT2D eigenvalue weighted by molar-refractivity contribution is -0.185. The first-order valence-electron chi connectivity index (χ1n) is 8.79. The Hall–Kier alpha value is -0.690. The predicted molar refractivity (Wildman–Crippen MR) is 103 cm³/mol. The van der Waals surface area contributed by atoms with E-state index in [1.54, 1.807) is 0 Å². The number of halogens is 4. The first kappa shape index (κ1) is 20.1. The van der Waals surface area contributed by atoms with Crippen molar-refractivity contribution in [3.05, 3.63) is 33.8 Å². The van der Waals surface area contributed by atoms with Crippen LogP contribution in [-0.2, 0) is 17.4 Å². The third-order valence-corrected chi connectivity index (χ3v) is 7.35. The number of rotatable bonds is 1. The monoisotopic (exact) mass is 449 g/mol. The van der Waals surface area contributed by atoms with Gasteiger partial charge in [0.25, 0.3) is 0 Å². The largest absolute Gasteiger partial charge is 0.391 e. The molecule has 0 saturated heterocycles. The van der Waals surface area contributed by atoms with Crippen LogP contribution >= 0.6 is 15.9 Å². The molecular formula is C19H23BrF3NOS. The molecule has 0 aliphatic heterocycles. The maximum Gasteiger partial charge on any atom is 0.391 e. The van der Waals surface area contributed by atoms with Gasteiger partial charge in [0.15, 0.2) is 0 Å². The number of fused-ring (bicyclic) bond motifs is 1. The van der Waals surface area contributed by atoms with Crippen molar-refractivity contribution in [2.45, 2.75) is 63.8 Å². The Bertz CT molecular complexity index is 759. The van der Waals surface area contributed by atoms with Gasteiger partial charge in [0.1, 0.15) is 11.0 Å². The van der Waals surface area contributed by atoms with Crippen molar-refractivity contribution >= 4 is 32.6 Å². The Morgan fingerprint density at radius 3 is 2.35 bits per heavy atom. The highest BCUT2D eigenvalue weighted by atomic mass is 79.9. The third-order valence-electron chi connectivity index (χ3n) is 5.46. The van der Waals surface area contributed by atoms with E-state index in [9.17, 15) is 17.4 Å². The average molecular weight is 450 g/mol. The van der Waals surface area contributed by atoms with Crippen LogP contribution in [-0.4, -0.2) is 20.8 Å². The van der Waals surface area contributed by atoms with Crippen LogP contribution in [0.4, 0.5) is 13.2 Å². The van der Waals surface area contributed by atoms with Crippen LogP contribution in [0.2, 0.25) is 0 Å². The lowest BCUT2D eigenvalue weighted by Gasteiger charge is -2.38. The SMILES string of the molecule is CC(C)(C)S(=O)N=C1c2cc(Br)ccc2CC12CCC(C(F)(F)F)CC2. The van der Waals surface area contributed by atoms with E-state index in [1.807, 2.05) is 39.0 Å². The predicted octanol–water partition coefficient (Wildman–Crippen LogP) is 6.00. The Morgan fingerprint density at radius 2 is 1.81 bits per heavy atom. The second-order valence-electron chi connectivity index (χ2n) is 8.38. The molecule has 1 aromatic carbocycles. The van der Waals surface area contributed by atoms with Crippen LogP contribution in [0.5, 0.6) is 0 Å². The molecule has 1 saturated carbocycles.